The summed E-state index contributed by atoms with van der Waals surface area (Å²) in [6.07, 6.45) is 7.94. The molecule has 0 atom stereocenters. The van der Waals surface area contributed by atoms with E-state index in [4.69, 9.17) is 0 Å². The fraction of sp³-hybridized carbons (Fsp3) is 0.263. The molecule has 1 nitrogen and oxygen atoms in total. The number of nitrogens with one attached hydrogen (secondary N) is 1. The average molecular weight is 263 g/mol. The number of hydrogen-bond donors (Lipinski definition) is 1. The van der Waals surface area contributed by atoms with E-state index >= 15 is 0 Å². The van der Waals surface area contributed by atoms with Crippen LogP contribution < -0.4 is 5.32 Å². The van der Waals surface area contributed by atoms with Crippen LogP contribution in [-0.2, 0) is 12.8 Å². The molecule has 0 radical (unpaired) electrons. The van der Waals surface area contributed by atoms with Gasteiger partial charge in [-0.1, -0.05) is 54.6 Å². The molecular formula is C19H21N. The third kappa shape index (κ3) is 2.68. The van der Waals surface area contributed by atoms with Crippen molar-refractivity contribution in [2.45, 2.75) is 19.3 Å². The van der Waals surface area contributed by atoms with Gasteiger partial charge in [0, 0.05) is 0 Å². The molecule has 0 saturated heterocycles. The zero-order chi connectivity index (χ0) is 13.8. The molecule has 0 saturated carbocycles. The first-order chi connectivity index (χ1) is 9.88. The minimum absolute atomic E-state index is 1.04. The van der Waals surface area contributed by atoms with E-state index in [2.05, 4.69) is 59.9 Å². The zero-order valence-electron chi connectivity index (χ0n) is 12.0. The highest BCUT2D eigenvalue weighted by Crippen LogP contribution is 2.27. The maximum atomic E-state index is 3.23. The van der Waals surface area contributed by atoms with E-state index in [9.17, 15) is 0 Å². The van der Waals surface area contributed by atoms with Crippen LogP contribution in [-0.4, -0.2) is 13.6 Å². The quantitative estimate of drug-likeness (QED) is 0.704. The van der Waals surface area contributed by atoms with Gasteiger partial charge in [0.1, 0.15) is 0 Å². The smallest absolute Gasteiger partial charge is 0.00138 e. The second-order valence-corrected chi connectivity index (χ2v) is 5.41. The van der Waals surface area contributed by atoms with Crippen molar-refractivity contribution >= 4 is 12.2 Å². The van der Waals surface area contributed by atoms with Crippen LogP contribution in [0.25, 0.3) is 12.2 Å². The van der Waals surface area contributed by atoms with Crippen molar-refractivity contribution in [2.24, 2.45) is 0 Å². The van der Waals surface area contributed by atoms with E-state index in [0.717, 1.165) is 19.4 Å². The van der Waals surface area contributed by atoms with E-state index in [1.165, 1.54) is 34.2 Å². The highest BCUT2D eigenvalue weighted by Gasteiger charge is 2.11. The minimum Gasteiger partial charge on any atom is -0.320 e. The molecule has 1 aliphatic carbocycles. The maximum Gasteiger partial charge on any atom is -0.00138 e. The summed E-state index contributed by atoms with van der Waals surface area (Å²) < 4.78 is 0. The SMILES string of the molecule is CNCCCc1cccc2c1C=Cc1ccccc1C2. The largest absolute Gasteiger partial charge is 0.320 e. The van der Waals surface area contributed by atoms with Crippen LogP contribution in [0.3, 0.4) is 0 Å². The first kappa shape index (κ1) is 13.1. The van der Waals surface area contributed by atoms with Crippen LogP contribution in [0.4, 0.5) is 0 Å². The first-order valence-corrected chi connectivity index (χ1v) is 7.40. The molecule has 0 bridgehead atoms. The minimum atomic E-state index is 1.04. The molecule has 1 heteroatoms. The summed E-state index contributed by atoms with van der Waals surface area (Å²) in [5.41, 5.74) is 7.13. The Hall–Kier alpha value is -1.86. The van der Waals surface area contributed by atoms with Gasteiger partial charge in [-0.05, 0) is 60.7 Å². The Labute approximate surface area is 121 Å². The van der Waals surface area contributed by atoms with Crippen molar-refractivity contribution in [3.63, 3.8) is 0 Å². The fourth-order valence-corrected chi connectivity index (χ4v) is 2.94. The highest BCUT2D eigenvalue weighted by molar-refractivity contribution is 5.76. The Bertz CT molecular complexity index is 625. The van der Waals surface area contributed by atoms with E-state index in [1.54, 1.807) is 0 Å². The van der Waals surface area contributed by atoms with Gasteiger partial charge >= 0.3 is 0 Å². The van der Waals surface area contributed by atoms with E-state index in [0.29, 0.717) is 0 Å². The lowest BCUT2D eigenvalue weighted by Crippen LogP contribution is -2.09. The predicted octanol–water partition coefficient (Wildman–Crippen LogP) is 3.91. The molecule has 0 heterocycles. The topological polar surface area (TPSA) is 12.0 Å². The van der Waals surface area contributed by atoms with E-state index in [1.807, 2.05) is 7.05 Å². The summed E-state index contributed by atoms with van der Waals surface area (Å²) in [6, 6.07) is 15.4. The summed E-state index contributed by atoms with van der Waals surface area (Å²) in [4.78, 5) is 0. The second kappa shape index (κ2) is 6.06. The number of aryl methyl sites for hydroxylation is 1. The molecule has 3 rings (SSSR count). The number of hydrogen-bond acceptors (Lipinski definition) is 1. The molecule has 20 heavy (non-hydrogen) atoms. The Morgan fingerprint density at radius 1 is 0.950 bits per heavy atom. The molecule has 0 spiro atoms. The molecule has 0 fully saturated rings. The molecule has 2 aromatic carbocycles. The van der Waals surface area contributed by atoms with Gasteiger partial charge in [0.25, 0.3) is 0 Å². The predicted molar refractivity (Wildman–Crippen MR) is 86.9 cm³/mol. The summed E-state index contributed by atoms with van der Waals surface area (Å²) in [5, 5.41) is 3.23. The van der Waals surface area contributed by atoms with Gasteiger partial charge in [0.05, 0.1) is 0 Å². The molecule has 102 valence electrons. The van der Waals surface area contributed by atoms with Crippen molar-refractivity contribution in [2.75, 3.05) is 13.6 Å². The lowest BCUT2D eigenvalue weighted by atomic mass is 9.95. The van der Waals surface area contributed by atoms with Crippen LogP contribution >= 0.6 is 0 Å². The molecule has 1 N–H and O–H groups in total. The van der Waals surface area contributed by atoms with Crippen LogP contribution in [0.1, 0.15) is 34.2 Å². The van der Waals surface area contributed by atoms with Crippen molar-refractivity contribution in [3.8, 4) is 0 Å². The van der Waals surface area contributed by atoms with Crippen molar-refractivity contribution in [1.29, 1.82) is 0 Å². The van der Waals surface area contributed by atoms with Gasteiger partial charge in [0.15, 0.2) is 0 Å². The van der Waals surface area contributed by atoms with Crippen LogP contribution in [0.15, 0.2) is 42.5 Å². The summed E-state index contributed by atoms with van der Waals surface area (Å²) in [7, 11) is 2.02. The molecule has 0 unspecified atom stereocenters. The van der Waals surface area contributed by atoms with Crippen LogP contribution in [0.2, 0.25) is 0 Å². The Morgan fingerprint density at radius 2 is 1.80 bits per heavy atom. The lowest BCUT2D eigenvalue weighted by molar-refractivity contribution is 0.724. The molecular weight excluding hydrogens is 242 g/mol. The van der Waals surface area contributed by atoms with Gasteiger partial charge in [-0.2, -0.15) is 0 Å². The number of benzene rings is 2. The summed E-state index contributed by atoms with van der Waals surface area (Å²) in [5.74, 6) is 0. The average Bonchev–Trinajstić information content (AvgIpc) is 2.67. The monoisotopic (exact) mass is 263 g/mol. The first-order valence-electron chi connectivity index (χ1n) is 7.40. The molecule has 1 aliphatic rings. The Kier molecular flexibility index (Phi) is 3.98. The number of fused-ring (bicyclic) bond motifs is 2. The van der Waals surface area contributed by atoms with Gasteiger partial charge in [0.2, 0.25) is 0 Å². The molecule has 0 amide bonds. The highest BCUT2D eigenvalue weighted by atomic mass is 14.8. The third-order valence-corrected chi connectivity index (χ3v) is 4.03. The van der Waals surface area contributed by atoms with Gasteiger partial charge in [-0.3, -0.25) is 0 Å². The van der Waals surface area contributed by atoms with Crippen molar-refractivity contribution in [3.05, 3.63) is 70.3 Å². The van der Waals surface area contributed by atoms with Gasteiger partial charge < -0.3 is 5.32 Å². The van der Waals surface area contributed by atoms with Gasteiger partial charge in [-0.15, -0.1) is 0 Å². The Balaban J connectivity index is 1.94. The van der Waals surface area contributed by atoms with E-state index < -0.39 is 0 Å². The van der Waals surface area contributed by atoms with Crippen LogP contribution in [0.5, 0.6) is 0 Å². The standard InChI is InChI=1S/C19H21N/c1-20-13-5-10-16-8-4-9-18-14-17-7-3-2-6-15(17)11-12-19(16)18/h2-4,6-9,11-12,20H,5,10,13-14H2,1H3. The summed E-state index contributed by atoms with van der Waals surface area (Å²) >= 11 is 0. The third-order valence-electron chi connectivity index (χ3n) is 4.03. The van der Waals surface area contributed by atoms with Crippen molar-refractivity contribution in [1.82, 2.24) is 5.32 Å². The second-order valence-electron chi connectivity index (χ2n) is 5.41. The zero-order valence-corrected chi connectivity index (χ0v) is 12.0. The Morgan fingerprint density at radius 3 is 2.70 bits per heavy atom. The molecule has 0 aromatic heterocycles. The van der Waals surface area contributed by atoms with Gasteiger partial charge in [-0.25, -0.2) is 0 Å². The lowest BCUT2D eigenvalue weighted by Gasteiger charge is -2.11. The molecule has 2 aromatic rings. The summed E-state index contributed by atoms with van der Waals surface area (Å²) in [6.45, 7) is 1.08. The normalized spacial score (nSPS) is 12.7. The fourth-order valence-electron chi connectivity index (χ4n) is 2.94. The maximum absolute atomic E-state index is 3.23. The van der Waals surface area contributed by atoms with Crippen LogP contribution in [0, 0.1) is 0 Å². The van der Waals surface area contributed by atoms with E-state index in [-0.39, 0.29) is 0 Å². The molecule has 0 aliphatic heterocycles. The van der Waals surface area contributed by atoms with Crippen molar-refractivity contribution < 1.29 is 0 Å². The number of rotatable bonds is 4.